The first-order valence-electron chi connectivity index (χ1n) is 14.5. The van der Waals surface area contributed by atoms with Crippen molar-refractivity contribution in [2.45, 2.75) is 12.5 Å². The van der Waals surface area contributed by atoms with Crippen LogP contribution in [0, 0.1) is 0 Å². The smallest absolute Gasteiger partial charge is 0.0849 e. The van der Waals surface area contributed by atoms with Gasteiger partial charge in [0.25, 0.3) is 0 Å². The van der Waals surface area contributed by atoms with Gasteiger partial charge in [-0.2, -0.15) is 47.0 Å². The highest BCUT2D eigenvalue weighted by Gasteiger charge is 2.15. The summed E-state index contributed by atoms with van der Waals surface area (Å²) in [5.41, 5.74) is 3.84. The summed E-state index contributed by atoms with van der Waals surface area (Å²) in [6.07, 6.45) is 0.966. The molecule has 0 aliphatic carbocycles. The lowest BCUT2D eigenvalue weighted by Gasteiger charge is -2.26. The Hall–Kier alpha value is -0.320. The van der Waals surface area contributed by atoms with Crippen LogP contribution in [0.15, 0.2) is 54.6 Å². The number of benzene rings is 2. The number of hydrogen-bond donors (Lipinski definition) is 0. The molecule has 4 nitrogen and oxygen atoms in total. The first-order chi connectivity index (χ1) is 19.4. The largest absolute Gasteiger partial charge is 0.377 e. The molecule has 1 atom stereocenters. The molecule has 0 saturated carbocycles. The zero-order valence-electron chi connectivity index (χ0n) is 23.3. The summed E-state index contributed by atoms with van der Waals surface area (Å²) < 4.78 is 12.8. The molecular formula is C31H46N2O2S4. The van der Waals surface area contributed by atoms with Gasteiger partial charge in [-0.1, -0.05) is 54.6 Å². The fourth-order valence-corrected chi connectivity index (χ4v) is 8.99. The number of rotatable bonds is 3. The zero-order valence-corrected chi connectivity index (χ0v) is 26.6. The molecule has 0 radical (unpaired) electrons. The Labute approximate surface area is 254 Å². The summed E-state index contributed by atoms with van der Waals surface area (Å²) in [6, 6.07) is 19.6. The van der Waals surface area contributed by atoms with E-state index in [0.29, 0.717) is 6.61 Å². The molecule has 3 saturated heterocycles. The van der Waals surface area contributed by atoms with Crippen molar-refractivity contribution in [1.82, 2.24) is 9.80 Å². The molecule has 0 amide bonds. The Morgan fingerprint density at radius 2 is 1.08 bits per heavy atom. The summed E-state index contributed by atoms with van der Waals surface area (Å²) in [4.78, 5) is 5.24. The van der Waals surface area contributed by atoms with Crippen molar-refractivity contribution < 1.29 is 9.47 Å². The highest BCUT2D eigenvalue weighted by atomic mass is 32.2. The van der Waals surface area contributed by atoms with Gasteiger partial charge in [-0.25, -0.2) is 0 Å². The van der Waals surface area contributed by atoms with Crippen LogP contribution in [-0.4, -0.2) is 121 Å². The van der Waals surface area contributed by atoms with Crippen molar-refractivity contribution in [3.63, 3.8) is 0 Å². The van der Waals surface area contributed by atoms with Crippen LogP contribution in [0.25, 0.3) is 11.1 Å². The molecule has 2 aromatic rings. The van der Waals surface area contributed by atoms with Gasteiger partial charge in [0.05, 0.1) is 25.9 Å². The molecule has 2 aromatic carbocycles. The highest BCUT2D eigenvalue weighted by molar-refractivity contribution is 8.03. The molecule has 3 aliphatic rings. The van der Waals surface area contributed by atoms with E-state index in [1.165, 1.54) is 62.7 Å². The molecule has 5 rings (SSSR count). The lowest BCUT2D eigenvalue weighted by molar-refractivity contribution is -0.0249. The number of thioether (sulfide) groups is 4. The van der Waals surface area contributed by atoms with Crippen molar-refractivity contribution >= 4 is 47.0 Å². The SMILES string of the molecule is c1ccc(-c2ccc(CC3COCCN4CCSCCSCCN(CCO3)CCSCCSCC4)cc2)cc1. The normalized spacial score (nSPS) is 26.0. The molecule has 3 fully saturated rings. The summed E-state index contributed by atoms with van der Waals surface area (Å²) in [7, 11) is 0. The maximum absolute atomic E-state index is 6.53. The standard InChI is InChI=1S/C31H46N2O2S4/c1-2-4-29(5-3-1)30-8-6-28(7-9-30)26-31-27-34-16-10-32-12-18-36-22-24-38-20-14-33(11-17-35-31)15-21-39-25-23-37-19-13-32/h1-9,31H,10-27H2. The van der Waals surface area contributed by atoms with E-state index in [9.17, 15) is 0 Å². The van der Waals surface area contributed by atoms with E-state index in [2.05, 4.69) is 111 Å². The second-order valence-corrected chi connectivity index (χ2v) is 14.9. The van der Waals surface area contributed by atoms with Crippen LogP contribution in [0.5, 0.6) is 0 Å². The Bertz CT molecular complexity index is 870. The Morgan fingerprint density at radius 3 is 1.64 bits per heavy atom. The lowest BCUT2D eigenvalue weighted by Crippen LogP contribution is -2.35. The monoisotopic (exact) mass is 606 g/mol. The molecule has 39 heavy (non-hydrogen) atoms. The van der Waals surface area contributed by atoms with Gasteiger partial charge in [0.15, 0.2) is 0 Å². The zero-order chi connectivity index (χ0) is 26.8. The predicted octanol–water partition coefficient (Wildman–Crippen LogP) is 5.86. The molecule has 2 bridgehead atoms. The van der Waals surface area contributed by atoms with Gasteiger partial charge in [-0.05, 0) is 16.7 Å². The summed E-state index contributed by atoms with van der Waals surface area (Å²) >= 11 is 8.46. The quantitative estimate of drug-likeness (QED) is 0.429. The third kappa shape index (κ3) is 13.0. The van der Waals surface area contributed by atoms with E-state index >= 15 is 0 Å². The van der Waals surface area contributed by atoms with Crippen LogP contribution in [0.1, 0.15) is 5.56 Å². The molecular weight excluding hydrogens is 561 g/mol. The second kappa shape index (κ2) is 19.7. The number of hydrogen-bond acceptors (Lipinski definition) is 8. The lowest BCUT2D eigenvalue weighted by atomic mass is 10.0. The number of ether oxygens (including phenoxy) is 2. The third-order valence-electron chi connectivity index (χ3n) is 7.09. The molecule has 1 unspecified atom stereocenters. The average Bonchev–Trinajstić information content (AvgIpc) is 2.97. The van der Waals surface area contributed by atoms with Gasteiger partial charge in [0.2, 0.25) is 0 Å². The third-order valence-corrected chi connectivity index (χ3v) is 11.5. The Kier molecular flexibility index (Phi) is 16.0. The van der Waals surface area contributed by atoms with Gasteiger partial charge >= 0.3 is 0 Å². The van der Waals surface area contributed by atoms with E-state index in [1.807, 2.05) is 0 Å². The van der Waals surface area contributed by atoms with Crippen molar-refractivity contribution in [3.8, 4) is 11.1 Å². The minimum atomic E-state index is 0.0792. The molecule has 3 aliphatic heterocycles. The highest BCUT2D eigenvalue weighted by Crippen LogP contribution is 2.20. The molecule has 0 aromatic heterocycles. The topological polar surface area (TPSA) is 24.9 Å². The van der Waals surface area contributed by atoms with E-state index in [-0.39, 0.29) is 6.10 Å². The molecule has 0 spiro atoms. The van der Waals surface area contributed by atoms with Crippen LogP contribution >= 0.6 is 47.0 Å². The van der Waals surface area contributed by atoms with Gasteiger partial charge in [-0.3, -0.25) is 9.80 Å². The maximum Gasteiger partial charge on any atom is 0.0849 e. The van der Waals surface area contributed by atoms with Gasteiger partial charge in [0.1, 0.15) is 0 Å². The van der Waals surface area contributed by atoms with Crippen LogP contribution < -0.4 is 0 Å². The summed E-state index contributed by atoms with van der Waals surface area (Å²) in [5.74, 6) is 9.91. The Morgan fingerprint density at radius 1 is 0.564 bits per heavy atom. The molecule has 216 valence electrons. The first kappa shape index (κ1) is 31.6. The van der Waals surface area contributed by atoms with E-state index in [4.69, 9.17) is 9.47 Å². The minimum Gasteiger partial charge on any atom is -0.377 e. The number of fused-ring (bicyclic) bond motifs is 21. The van der Waals surface area contributed by atoms with E-state index in [1.54, 1.807) is 0 Å². The fourth-order valence-electron chi connectivity index (χ4n) is 4.74. The van der Waals surface area contributed by atoms with Crippen molar-refractivity contribution in [2.75, 3.05) is 105 Å². The van der Waals surface area contributed by atoms with Crippen LogP contribution in [0.4, 0.5) is 0 Å². The van der Waals surface area contributed by atoms with E-state index < -0.39 is 0 Å². The maximum atomic E-state index is 6.53. The van der Waals surface area contributed by atoms with Gasteiger partial charge in [-0.15, -0.1) is 0 Å². The minimum absolute atomic E-state index is 0.0792. The van der Waals surface area contributed by atoms with Gasteiger partial charge in [0, 0.05) is 91.7 Å². The van der Waals surface area contributed by atoms with E-state index in [0.717, 1.165) is 58.9 Å². The second-order valence-electron chi connectivity index (χ2n) is 9.97. The van der Waals surface area contributed by atoms with Crippen LogP contribution in [0.3, 0.4) is 0 Å². The number of nitrogens with zero attached hydrogens (tertiary/aromatic N) is 2. The predicted molar refractivity (Wildman–Crippen MR) is 178 cm³/mol. The molecule has 8 heteroatoms. The van der Waals surface area contributed by atoms with Crippen LogP contribution in [0.2, 0.25) is 0 Å². The van der Waals surface area contributed by atoms with Crippen molar-refractivity contribution in [2.24, 2.45) is 0 Å². The van der Waals surface area contributed by atoms with Gasteiger partial charge < -0.3 is 9.47 Å². The first-order valence-corrected chi connectivity index (χ1v) is 19.1. The average molecular weight is 607 g/mol. The fraction of sp³-hybridized carbons (Fsp3) is 0.613. The Balaban J connectivity index is 1.39. The van der Waals surface area contributed by atoms with Crippen molar-refractivity contribution in [3.05, 3.63) is 60.2 Å². The van der Waals surface area contributed by atoms with Crippen LogP contribution in [-0.2, 0) is 15.9 Å². The summed E-state index contributed by atoms with van der Waals surface area (Å²) in [5, 5.41) is 0. The molecule has 0 N–H and O–H groups in total. The summed E-state index contributed by atoms with van der Waals surface area (Å²) in [6.45, 7) is 8.85. The van der Waals surface area contributed by atoms with Crippen molar-refractivity contribution in [1.29, 1.82) is 0 Å². The molecule has 3 heterocycles.